The van der Waals surface area contributed by atoms with Gasteiger partial charge in [-0.3, -0.25) is 19.0 Å². The lowest BCUT2D eigenvalue weighted by atomic mass is 10.00. The van der Waals surface area contributed by atoms with E-state index in [2.05, 4.69) is 0 Å². The molecule has 1 saturated heterocycles. The van der Waals surface area contributed by atoms with E-state index in [4.69, 9.17) is 0 Å². The van der Waals surface area contributed by atoms with Crippen molar-refractivity contribution >= 4 is 33.4 Å². The van der Waals surface area contributed by atoms with Crippen molar-refractivity contribution in [3.63, 3.8) is 0 Å². The van der Waals surface area contributed by atoms with Gasteiger partial charge >= 0.3 is 11.9 Å². The SMILES string of the molecule is CC[C@H]1CCCCN1C(=O)Cn1c(=O)n(-c2ccccc2C(F)(F)F)c(=O)c2c(C)c(C(=O)N(C)C)sc21. The summed E-state index contributed by atoms with van der Waals surface area (Å²) in [7, 11) is 3.06. The third kappa shape index (κ3) is 4.77. The lowest BCUT2D eigenvalue weighted by molar-refractivity contribution is -0.138. The molecule has 38 heavy (non-hydrogen) atoms. The number of likely N-dealkylation sites (tertiary alicyclic amines) is 1. The van der Waals surface area contributed by atoms with Gasteiger partial charge in [-0.25, -0.2) is 9.36 Å². The van der Waals surface area contributed by atoms with Crippen LogP contribution in [0.2, 0.25) is 0 Å². The summed E-state index contributed by atoms with van der Waals surface area (Å²) in [5.41, 5.74) is -3.58. The number of nitrogens with zero attached hydrogens (tertiary/aromatic N) is 4. The number of para-hydroxylation sites is 1. The van der Waals surface area contributed by atoms with Crippen molar-refractivity contribution < 1.29 is 22.8 Å². The number of carbonyl (C=O) groups excluding carboxylic acids is 2. The zero-order chi connectivity index (χ0) is 27.9. The van der Waals surface area contributed by atoms with E-state index in [1.807, 2.05) is 6.92 Å². The first-order chi connectivity index (χ1) is 17.9. The number of hydrogen-bond donors (Lipinski definition) is 0. The van der Waals surface area contributed by atoms with E-state index >= 15 is 0 Å². The van der Waals surface area contributed by atoms with Crippen LogP contribution >= 0.6 is 11.3 Å². The molecule has 0 aliphatic carbocycles. The number of amides is 2. The third-order valence-electron chi connectivity index (χ3n) is 6.98. The number of piperidine rings is 1. The van der Waals surface area contributed by atoms with Crippen LogP contribution in [-0.2, 0) is 17.5 Å². The van der Waals surface area contributed by atoms with Gasteiger partial charge in [0, 0.05) is 26.7 Å². The molecule has 0 bridgehead atoms. The summed E-state index contributed by atoms with van der Waals surface area (Å²) >= 11 is 0.890. The fourth-order valence-electron chi connectivity index (χ4n) is 4.99. The molecule has 12 heteroatoms. The Bertz CT molecular complexity index is 1520. The first kappa shape index (κ1) is 27.6. The molecule has 4 rings (SSSR count). The molecule has 3 aromatic rings. The number of carbonyl (C=O) groups is 2. The molecule has 1 aromatic carbocycles. The molecule has 0 N–H and O–H groups in total. The van der Waals surface area contributed by atoms with Gasteiger partial charge in [-0.1, -0.05) is 19.1 Å². The molecule has 1 fully saturated rings. The minimum Gasteiger partial charge on any atom is -0.344 e. The number of aromatic nitrogens is 2. The Morgan fingerprint density at radius 1 is 1.13 bits per heavy atom. The maximum Gasteiger partial charge on any atom is 0.418 e. The zero-order valence-electron chi connectivity index (χ0n) is 21.6. The van der Waals surface area contributed by atoms with Crippen molar-refractivity contribution in [1.29, 1.82) is 0 Å². The second kappa shape index (κ2) is 10.4. The van der Waals surface area contributed by atoms with Crippen LogP contribution in [0.5, 0.6) is 0 Å². The van der Waals surface area contributed by atoms with Crippen LogP contribution in [0.15, 0.2) is 33.9 Å². The summed E-state index contributed by atoms with van der Waals surface area (Å²) in [6.45, 7) is 3.54. The van der Waals surface area contributed by atoms with Gasteiger partial charge in [-0.15, -0.1) is 11.3 Å². The lowest BCUT2D eigenvalue weighted by Crippen LogP contribution is -2.47. The highest BCUT2D eigenvalue weighted by molar-refractivity contribution is 7.20. The fourth-order valence-corrected chi connectivity index (χ4v) is 6.31. The highest BCUT2D eigenvalue weighted by atomic mass is 32.1. The number of fused-ring (bicyclic) bond motifs is 1. The zero-order valence-corrected chi connectivity index (χ0v) is 22.4. The van der Waals surface area contributed by atoms with E-state index in [1.165, 1.54) is 38.1 Å². The second-order valence-corrected chi connectivity index (χ2v) is 10.6. The summed E-state index contributed by atoms with van der Waals surface area (Å²) in [6.07, 6.45) is -1.50. The quantitative estimate of drug-likeness (QED) is 0.480. The summed E-state index contributed by atoms with van der Waals surface area (Å²) in [5.74, 6) is -0.779. The fraction of sp³-hybridized carbons (Fsp3) is 0.462. The van der Waals surface area contributed by atoms with Gasteiger partial charge in [0.25, 0.3) is 11.5 Å². The highest BCUT2D eigenvalue weighted by Crippen LogP contribution is 2.34. The Balaban J connectivity index is 2.02. The van der Waals surface area contributed by atoms with Gasteiger partial charge in [0.05, 0.1) is 21.5 Å². The monoisotopic (exact) mass is 550 g/mol. The maximum atomic E-state index is 13.9. The van der Waals surface area contributed by atoms with Crippen LogP contribution in [0.25, 0.3) is 15.9 Å². The summed E-state index contributed by atoms with van der Waals surface area (Å²) < 4.78 is 43.2. The van der Waals surface area contributed by atoms with E-state index in [-0.39, 0.29) is 32.6 Å². The average molecular weight is 551 g/mol. The average Bonchev–Trinajstić information content (AvgIpc) is 3.22. The van der Waals surface area contributed by atoms with E-state index in [9.17, 15) is 32.3 Å². The van der Waals surface area contributed by atoms with Gasteiger partial charge in [0.1, 0.15) is 11.4 Å². The molecule has 1 atom stereocenters. The Labute approximate surface area is 220 Å². The topological polar surface area (TPSA) is 84.6 Å². The predicted octanol–water partition coefficient (Wildman–Crippen LogP) is 4.03. The van der Waals surface area contributed by atoms with E-state index < -0.39 is 41.1 Å². The molecule has 2 amide bonds. The Hall–Kier alpha value is -3.41. The van der Waals surface area contributed by atoms with Crippen LogP contribution < -0.4 is 11.2 Å². The normalized spacial score (nSPS) is 16.2. The minimum atomic E-state index is -4.84. The molecule has 3 heterocycles. The summed E-state index contributed by atoms with van der Waals surface area (Å²) in [5, 5.41) is -0.0599. The number of rotatable bonds is 5. The van der Waals surface area contributed by atoms with Gasteiger partial charge in [-0.2, -0.15) is 13.2 Å². The highest BCUT2D eigenvalue weighted by Gasteiger charge is 2.36. The van der Waals surface area contributed by atoms with Crippen molar-refractivity contribution in [3.05, 3.63) is 61.1 Å². The molecule has 8 nitrogen and oxygen atoms in total. The molecular formula is C26H29F3N4O4S. The number of benzene rings is 1. The smallest absolute Gasteiger partial charge is 0.344 e. The number of hydrogen-bond acceptors (Lipinski definition) is 5. The minimum absolute atomic E-state index is 0.00439. The van der Waals surface area contributed by atoms with Crippen LogP contribution in [0.3, 0.4) is 0 Å². The van der Waals surface area contributed by atoms with Crippen molar-refractivity contribution in [3.8, 4) is 5.69 Å². The number of halogens is 3. The number of alkyl halides is 3. The Morgan fingerprint density at radius 2 is 1.82 bits per heavy atom. The third-order valence-corrected chi connectivity index (χ3v) is 8.28. The summed E-state index contributed by atoms with van der Waals surface area (Å²) in [4.78, 5) is 57.0. The molecule has 0 radical (unpaired) electrons. The number of aryl methyl sites for hydroxylation is 1. The second-order valence-electron chi connectivity index (χ2n) is 9.61. The lowest BCUT2D eigenvalue weighted by Gasteiger charge is -2.35. The molecule has 1 aliphatic rings. The molecule has 1 aliphatic heterocycles. The molecule has 0 unspecified atom stereocenters. The van der Waals surface area contributed by atoms with E-state index in [0.29, 0.717) is 11.1 Å². The molecule has 204 valence electrons. The largest absolute Gasteiger partial charge is 0.418 e. The van der Waals surface area contributed by atoms with Crippen molar-refractivity contribution in [2.75, 3.05) is 20.6 Å². The first-order valence-electron chi connectivity index (χ1n) is 12.3. The van der Waals surface area contributed by atoms with Gasteiger partial charge in [0.15, 0.2) is 0 Å². The van der Waals surface area contributed by atoms with Crippen LogP contribution in [-0.4, -0.2) is 57.4 Å². The number of thiophene rings is 1. The van der Waals surface area contributed by atoms with Crippen LogP contribution in [0, 0.1) is 6.92 Å². The van der Waals surface area contributed by atoms with E-state index in [0.717, 1.165) is 53.7 Å². The maximum absolute atomic E-state index is 13.9. The molecule has 0 saturated carbocycles. The van der Waals surface area contributed by atoms with Gasteiger partial charge in [-0.05, 0) is 50.3 Å². The van der Waals surface area contributed by atoms with Crippen LogP contribution in [0.1, 0.15) is 53.4 Å². The standard InChI is InChI=1S/C26H29F3N4O4S/c1-5-16-10-8-9-13-31(16)19(34)14-32-24-20(15(2)21(38-24)23(36)30(3)4)22(35)33(25(32)37)18-12-7-6-11-17(18)26(27,28)29/h6-7,11-12,16H,5,8-10,13-14H2,1-4H3/t16-/m0/s1. The Morgan fingerprint density at radius 3 is 2.45 bits per heavy atom. The molecule has 0 spiro atoms. The molecule has 2 aromatic heterocycles. The van der Waals surface area contributed by atoms with E-state index in [1.54, 1.807) is 4.90 Å². The van der Waals surface area contributed by atoms with Crippen LogP contribution in [0.4, 0.5) is 13.2 Å². The summed E-state index contributed by atoms with van der Waals surface area (Å²) in [6, 6.07) is 4.31. The predicted molar refractivity (Wildman–Crippen MR) is 139 cm³/mol. The van der Waals surface area contributed by atoms with Gasteiger partial charge < -0.3 is 9.80 Å². The van der Waals surface area contributed by atoms with Crippen molar-refractivity contribution in [2.24, 2.45) is 0 Å². The first-order valence-corrected chi connectivity index (χ1v) is 13.2. The Kier molecular flexibility index (Phi) is 7.55. The van der Waals surface area contributed by atoms with Gasteiger partial charge in [0.2, 0.25) is 5.91 Å². The van der Waals surface area contributed by atoms with Crippen molar-refractivity contribution in [2.45, 2.75) is 58.3 Å². The molecular weight excluding hydrogens is 521 g/mol. The van der Waals surface area contributed by atoms with Crippen molar-refractivity contribution in [1.82, 2.24) is 18.9 Å².